The van der Waals surface area contributed by atoms with Crippen LogP contribution in [0.25, 0.3) is 10.8 Å². The van der Waals surface area contributed by atoms with E-state index in [1.54, 1.807) is 23.9 Å². The van der Waals surface area contributed by atoms with Crippen molar-refractivity contribution in [3.63, 3.8) is 0 Å². The number of hydrogen-bond acceptors (Lipinski definition) is 3. The van der Waals surface area contributed by atoms with Crippen LogP contribution in [0, 0.1) is 10.8 Å². The molecule has 92 valence electrons. The molecule has 0 spiro atoms. The van der Waals surface area contributed by atoms with Gasteiger partial charge in [-0.15, -0.1) is 0 Å². The van der Waals surface area contributed by atoms with Crippen molar-refractivity contribution in [3.8, 4) is 0 Å². The molecule has 0 unspecified atom stereocenters. The fourth-order valence-corrected chi connectivity index (χ4v) is 2.86. The quantitative estimate of drug-likeness (QED) is 0.775. The first-order valence-electron chi connectivity index (χ1n) is 5.96. The monoisotopic (exact) mass is 264 g/mol. The maximum Gasteiger partial charge on any atom is 0.0800 e. The van der Waals surface area contributed by atoms with E-state index in [0.29, 0.717) is 0 Å². The van der Waals surface area contributed by atoms with Crippen molar-refractivity contribution in [1.29, 1.82) is 10.8 Å². The number of allylic oxidation sites excluding steroid dienone is 3. The first-order chi connectivity index (χ1) is 9.22. The summed E-state index contributed by atoms with van der Waals surface area (Å²) in [6, 6.07) is 14.6. The molecule has 2 aromatic carbocycles. The van der Waals surface area contributed by atoms with Crippen LogP contribution in [-0.4, -0.2) is 11.4 Å². The standard InChI is InChI=1S/C16H12N2S/c17-15-8-7-14(10-16(15)18)19-13-6-5-11-3-1-2-4-12(11)9-13/h1-10,17-18H. The molecule has 0 bridgehead atoms. The molecule has 0 fully saturated rings. The zero-order valence-corrected chi connectivity index (χ0v) is 11.0. The number of hydrogen-bond donors (Lipinski definition) is 2. The summed E-state index contributed by atoms with van der Waals surface area (Å²) in [7, 11) is 0. The molecule has 1 aliphatic rings. The van der Waals surface area contributed by atoms with Gasteiger partial charge in [0.05, 0.1) is 11.4 Å². The molecule has 2 nitrogen and oxygen atoms in total. The molecule has 19 heavy (non-hydrogen) atoms. The predicted octanol–water partition coefficient (Wildman–Crippen LogP) is 4.43. The van der Waals surface area contributed by atoms with Crippen LogP contribution in [0.5, 0.6) is 0 Å². The molecule has 2 aromatic rings. The van der Waals surface area contributed by atoms with Gasteiger partial charge in [-0.25, -0.2) is 0 Å². The van der Waals surface area contributed by atoms with Gasteiger partial charge in [0, 0.05) is 9.80 Å². The molecular weight excluding hydrogens is 252 g/mol. The second kappa shape index (κ2) is 4.86. The highest BCUT2D eigenvalue weighted by Gasteiger charge is 2.08. The minimum atomic E-state index is 0.267. The molecule has 3 heteroatoms. The Labute approximate surface area is 115 Å². The molecule has 3 rings (SSSR count). The first-order valence-corrected chi connectivity index (χ1v) is 6.78. The summed E-state index contributed by atoms with van der Waals surface area (Å²) in [4.78, 5) is 2.15. The van der Waals surface area contributed by atoms with Crippen LogP contribution in [0.1, 0.15) is 0 Å². The average Bonchev–Trinajstić information content (AvgIpc) is 2.43. The van der Waals surface area contributed by atoms with Gasteiger partial charge in [-0.1, -0.05) is 42.1 Å². The smallest absolute Gasteiger partial charge is 0.0800 e. The van der Waals surface area contributed by atoms with Crippen molar-refractivity contribution in [1.82, 2.24) is 0 Å². The summed E-state index contributed by atoms with van der Waals surface area (Å²) in [6.07, 6.45) is 5.30. The highest BCUT2D eigenvalue weighted by atomic mass is 32.2. The van der Waals surface area contributed by atoms with Crippen LogP contribution in [0.4, 0.5) is 0 Å². The minimum absolute atomic E-state index is 0.267. The SMILES string of the molecule is N=C1C=CC(Sc2ccc3ccccc3c2)=CC1=N. The average molecular weight is 264 g/mol. The van der Waals surface area contributed by atoms with Crippen molar-refractivity contribution in [2.24, 2.45) is 0 Å². The highest BCUT2D eigenvalue weighted by molar-refractivity contribution is 8.03. The van der Waals surface area contributed by atoms with Crippen LogP contribution >= 0.6 is 11.8 Å². The Morgan fingerprint density at radius 2 is 1.58 bits per heavy atom. The summed E-state index contributed by atoms with van der Waals surface area (Å²) in [5.74, 6) is 0. The van der Waals surface area contributed by atoms with E-state index in [2.05, 4.69) is 30.3 Å². The summed E-state index contributed by atoms with van der Waals surface area (Å²) >= 11 is 1.62. The maximum absolute atomic E-state index is 7.66. The van der Waals surface area contributed by atoms with Crippen molar-refractivity contribution in [2.45, 2.75) is 4.90 Å². The van der Waals surface area contributed by atoms with Crippen molar-refractivity contribution >= 4 is 34.0 Å². The fourth-order valence-electron chi connectivity index (χ4n) is 1.95. The number of rotatable bonds is 2. The third-order valence-corrected chi connectivity index (χ3v) is 3.93. The number of thioether (sulfide) groups is 1. The van der Waals surface area contributed by atoms with Crippen molar-refractivity contribution < 1.29 is 0 Å². The lowest BCUT2D eigenvalue weighted by Crippen LogP contribution is -2.09. The van der Waals surface area contributed by atoms with Gasteiger partial charge in [0.2, 0.25) is 0 Å². The van der Waals surface area contributed by atoms with E-state index in [4.69, 9.17) is 10.8 Å². The van der Waals surface area contributed by atoms with Crippen molar-refractivity contribution in [2.75, 3.05) is 0 Å². The molecule has 0 atom stereocenters. The fraction of sp³-hybridized carbons (Fsp3) is 0. The van der Waals surface area contributed by atoms with Crippen LogP contribution in [0.15, 0.2) is 70.5 Å². The van der Waals surface area contributed by atoms with Gasteiger partial charge in [-0.3, -0.25) is 10.8 Å². The Morgan fingerprint density at radius 1 is 0.789 bits per heavy atom. The summed E-state index contributed by atoms with van der Waals surface area (Å²) in [6.45, 7) is 0. The number of benzene rings is 2. The minimum Gasteiger partial charge on any atom is -0.299 e. The molecular formula is C16H12N2S. The van der Waals surface area contributed by atoms with Crippen LogP contribution in [-0.2, 0) is 0 Å². The Morgan fingerprint density at radius 3 is 2.37 bits per heavy atom. The second-order valence-electron chi connectivity index (χ2n) is 4.32. The molecule has 0 saturated carbocycles. The van der Waals surface area contributed by atoms with E-state index >= 15 is 0 Å². The Balaban J connectivity index is 1.90. The summed E-state index contributed by atoms with van der Waals surface area (Å²) in [5.41, 5.74) is 0.536. The normalized spacial score (nSPS) is 14.8. The van der Waals surface area contributed by atoms with Gasteiger partial charge in [0.1, 0.15) is 0 Å². The van der Waals surface area contributed by atoms with Gasteiger partial charge >= 0.3 is 0 Å². The predicted molar refractivity (Wildman–Crippen MR) is 82.5 cm³/mol. The topological polar surface area (TPSA) is 47.7 Å². The lowest BCUT2D eigenvalue weighted by molar-refractivity contribution is 1.48. The van der Waals surface area contributed by atoms with Gasteiger partial charge < -0.3 is 0 Å². The summed E-state index contributed by atoms with van der Waals surface area (Å²) in [5, 5.41) is 17.6. The first kappa shape index (κ1) is 11.9. The molecule has 0 heterocycles. The van der Waals surface area contributed by atoms with Gasteiger partial charge in [-0.2, -0.15) is 0 Å². The van der Waals surface area contributed by atoms with Crippen LogP contribution in [0.3, 0.4) is 0 Å². The lowest BCUT2D eigenvalue weighted by Gasteiger charge is -2.08. The molecule has 0 radical (unpaired) electrons. The molecule has 0 aliphatic heterocycles. The van der Waals surface area contributed by atoms with Gasteiger partial charge in [0.25, 0.3) is 0 Å². The Kier molecular flexibility index (Phi) is 3.05. The zero-order valence-electron chi connectivity index (χ0n) is 10.2. The largest absolute Gasteiger partial charge is 0.299 e. The van der Waals surface area contributed by atoms with Crippen LogP contribution < -0.4 is 0 Å². The summed E-state index contributed by atoms with van der Waals surface area (Å²) < 4.78 is 0. The molecule has 0 amide bonds. The van der Waals surface area contributed by atoms with Crippen molar-refractivity contribution in [3.05, 3.63) is 65.6 Å². The number of fused-ring (bicyclic) bond motifs is 1. The molecule has 2 N–H and O–H groups in total. The van der Waals surface area contributed by atoms with Gasteiger partial charge in [-0.05, 0) is 41.1 Å². The Bertz CT molecular complexity index is 741. The van der Waals surface area contributed by atoms with Gasteiger partial charge in [0.15, 0.2) is 0 Å². The third kappa shape index (κ3) is 2.51. The van der Waals surface area contributed by atoms with E-state index in [0.717, 1.165) is 9.80 Å². The molecule has 0 aromatic heterocycles. The maximum atomic E-state index is 7.66. The van der Waals surface area contributed by atoms with E-state index in [9.17, 15) is 0 Å². The van der Waals surface area contributed by atoms with E-state index < -0.39 is 0 Å². The van der Waals surface area contributed by atoms with E-state index in [1.807, 2.05) is 18.2 Å². The number of nitrogens with one attached hydrogen (secondary N) is 2. The lowest BCUT2D eigenvalue weighted by atomic mass is 10.1. The van der Waals surface area contributed by atoms with Crippen LogP contribution in [0.2, 0.25) is 0 Å². The third-order valence-electron chi connectivity index (χ3n) is 2.95. The van der Waals surface area contributed by atoms with E-state index in [1.165, 1.54) is 10.8 Å². The Hall–Kier alpha value is -2.13. The van der Waals surface area contributed by atoms with E-state index in [-0.39, 0.29) is 11.4 Å². The highest BCUT2D eigenvalue weighted by Crippen LogP contribution is 2.31. The second-order valence-corrected chi connectivity index (χ2v) is 5.47. The zero-order chi connectivity index (χ0) is 13.2. The molecule has 1 aliphatic carbocycles. The molecule has 0 saturated heterocycles.